The standard InChI is InChI=1S/C15H31N3O/c1-11(2)14(16)15(19)18(12(3)4)10-13-7-6-8-17(5)9-13/h11-14H,6-10,16H2,1-5H3/t13-,14+/m1/s1. The lowest BCUT2D eigenvalue weighted by atomic mass is 9.96. The molecule has 0 aromatic rings. The molecule has 2 N–H and O–H groups in total. The highest BCUT2D eigenvalue weighted by Crippen LogP contribution is 2.18. The van der Waals surface area contributed by atoms with Crippen LogP contribution in [0.1, 0.15) is 40.5 Å². The molecule has 19 heavy (non-hydrogen) atoms. The molecule has 0 aromatic carbocycles. The summed E-state index contributed by atoms with van der Waals surface area (Å²) in [5, 5.41) is 0. The number of piperidine rings is 1. The van der Waals surface area contributed by atoms with Gasteiger partial charge in [-0.15, -0.1) is 0 Å². The number of nitrogens with two attached hydrogens (primary N) is 1. The van der Waals surface area contributed by atoms with Crippen LogP contribution in [-0.2, 0) is 4.79 Å². The monoisotopic (exact) mass is 269 g/mol. The minimum atomic E-state index is -0.372. The highest BCUT2D eigenvalue weighted by molar-refractivity contribution is 5.82. The lowest BCUT2D eigenvalue weighted by Gasteiger charge is -2.37. The minimum absolute atomic E-state index is 0.109. The molecule has 4 heteroatoms. The Morgan fingerprint density at radius 1 is 1.37 bits per heavy atom. The Kier molecular flexibility index (Phi) is 6.27. The van der Waals surface area contributed by atoms with E-state index in [4.69, 9.17) is 5.73 Å². The number of nitrogens with zero attached hydrogens (tertiary/aromatic N) is 2. The molecule has 1 fully saturated rings. The van der Waals surface area contributed by atoms with E-state index in [9.17, 15) is 4.79 Å². The van der Waals surface area contributed by atoms with E-state index >= 15 is 0 Å². The smallest absolute Gasteiger partial charge is 0.239 e. The fraction of sp³-hybridized carbons (Fsp3) is 0.933. The predicted octanol–water partition coefficient (Wildman–Crippen LogP) is 1.55. The van der Waals surface area contributed by atoms with Gasteiger partial charge in [-0.2, -0.15) is 0 Å². The summed E-state index contributed by atoms with van der Waals surface area (Å²) in [5.74, 6) is 0.894. The van der Waals surface area contributed by atoms with Gasteiger partial charge in [-0.3, -0.25) is 4.79 Å². The third-order valence-electron chi connectivity index (χ3n) is 4.09. The van der Waals surface area contributed by atoms with Gasteiger partial charge in [-0.25, -0.2) is 0 Å². The Balaban J connectivity index is 2.64. The van der Waals surface area contributed by atoms with Crippen LogP contribution in [0.2, 0.25) is 0 Å². The summed E-state index contributed by atoms with van der Waals surface area (Å²) >= 11 is 0. The molecule has 1 aliphatic heterocycles. The highest BCUT2D eigenvalue weighted by atomic mass is 16.2. The Morgan fingerprint density at radius 2 is 2.00 bits per heavy atom. The second-order valence-electron chi connectivity index (χ2n) is 6.62. The van der Waals surface area contributed by atoms with Crippen molar-refractivity contribution in [2.45, 2.75) is 52.6 Å². The maximum absolute atomic E-state index is 12.5. The average molecular weight is 269 g/mol. The molecule has 0 unspecified atom stereocenters. The molecule has 0 bridgehead atoms. The van der Waals surface area contributed by atoms with E-state index in [-0.39, 0.29) is 23.9 Å². The topological polar surface area (TPSA) is 49.6 Å². The first-order valence-electron chi connectivity index (χ1n) is 7.57. The molecule has 0 aliphatic carbocycles. The van der Waals surface area contributed by atoms with Crippen molar-refractivity contribution in [1.82, 2.24) is 9.80 Å². The third-order valence-corrected chi connectivity index (χ3v) is 4.09. The van der Waals surface area contributed by atoms with Gasteiger partial charge in [0.25, 0.3) is 0 Å². The van der Waals surface area contributed by atoms with E-state index in [2.05, 4.69) is 25.8 Å². The second-order valence-corrected chi connectivity index (χ2v) is 6.62. The van der Waals surface area contributed by atoms with E-state index in [1.54, 1.807) is 0 Å². The van der Waals surface area contributed by atoms with Gasteiger partial charge < -0.3 is 15.5 Å². The van der Waals surface area contributed by atoms with Crippen LogP contribution < -0.4 is 5.73 Å². The molecule has 112 valence electrons. The summed E-state index contributed by atoms with van der Waals surface area (Å²) in [4.78, 5) is 16.8. The fourth-order valence-corrected chi connectivity index (χ4v) is 2.73. The van der Waals surface area contributed by atoms with E-state index in [1.165, 1.54) is 19.4 Å². The van der Waals surface area contributed by atoms with Gasteiger partial charge in [-0.05, 0) is 52.1 Å². The van der Waals surface area contributed by atoms with E-state index in [1.807, 2.05) is 18.7 Å². The zero-order valence-electron chi connectivity index (χ0n) is 13.2. The van der Waals surface area contributed by atoms with E-state index in [0.29, 0.717) is 5.92 Å². The normalized spacial score (nSPS) is 22.8. The second kappa shape index (κ2) is 7.25. The predicted molar refractivity (Wildman–Crippen MR) is 79.9 cm³/mol. The molecule has 0 aromatic heterocycles. The van der Waals surface area contributed by atoms with Crippen LogP contribution in [0, 0.1) is 11.8 Å². The highest BCUT2D eigenvalue weighted by Gasteiger charge is 2.28. The van der Waals surface area contributed by atoms with Gasteiger partial charge in [0.05, 0.1) is 6.04 Å². The van der Waals surface area contributed by atoms with Crippen LogP contribution >= 0.6 is 0 Å². The number of carbonyl (C=O) groups excluding carboxylic acids is 1. The van der Waals surface area contributed by atoms with E-state index < -0.39 is 0 Å². The van der Waals surface area contributed by atoms with Crippen LogP contribution in [0.15, 0.2) is 0 Å². The zero-order valence-corrected chi connectivity index (χ0v) is 13.2. The summed E-state index contributed by atoms with van der Waals surface area (Å²) in [6.07, 6.45) is 2.45. The van der Waals surface area contributed by atoms with Crippen LogP contribution in [0.5, 0.6) is 0 Å². The number of rotatable bonds is 5. The first kappa shape index (κ1) is 16.4. The maximum atomic E-state index is 12.5. The van der Waals surface area contributed by atoms with Crippen molar-refractivity contribution < 1.29 is 4.79 Å². The summed E-state index contributed by atoms with van der Waals surface area (Å²) in [6.45, 7) is 11.3. The molecule has 1 aliphatic rings. The van der Waals surface area contributed by atoms with Crippen molar-refractivity contribution in [2.75, 3.05) is 26.7 Å². The van der Waals surface area contributed by atoms with Crippen LogP contribution in [-0.4, -0.2) is 54.5 Å². The number of hydrogen-bond donors (Lipinski definition) is 1. The number of likely N-dealkylation sites (tertiary alicyclic amines) is 1. The molecule has 4 nitrogen and oxygen atoms in total. The van der Waals surface area contributed by atoms with Crippen molar-refractivity contribution >= 4 is 5.91 Å². The molecule has 1 saturated heterocycles. The molecule has 1 amide bonds. The Morgan fingerprint density at radius 3 is 2.47 bits per heavy atom. The van der Waals surface area contributed by atoms with Crippen LogP contribution in [0.3, 0.4) is 0 Å². The van der Waals surface area contributed by atoms with Gasteiger partial charge in [0, 0.05) is 19.1 Å². The Bertz CT molecular complexity index is 291. The summed E-state index contributed by atoms with van der Waals surface area (Å²) < 4.78 is 0. The molecule has 0 saturated carbocycles. The van der Waals surface area contributed by atoms with Crippen molar-refractivity contribution in [3.05, 3.63) is 0 Å². The van der Waals surface area contributed by atoms with E-state index in [0.717, 1.165) is 13.1 Å². The molecule has 1 rings (SSSR count). The molecule has 0 spiro atoms. The first-order chi connectivity index (χ1) is 8.82. The lowest BCUT2D eigenvalue weighted by Crippen LogP contribution is -2.52. The molecular formula is C15H31N3O. The first-order valence-corrected chi connectivity index (χ1v) is 7.57. The minimum Gasteiger partial charge on any atom is -0.339 e. The largest absolute Gasteiger partial charge is 0.339 e. The summed E-state index contributed by atoms with van der Waals surface area (Å²) in [6, 6.07) is -0.145. The summed E-state index contributed by atoms with van der Waals surface area (Å²) in [5.41, 5.74) is 6.03. The van der Waals surface area contributed by atoms with Crippen molar-refractivity contribution in [1.29, 1.82) is 0 Å². The van der Waals surface area contributed by atoms with Gasteiger partial charge in [-0.1, -0.05) is 13.8 Å². The van der Waals surface area contributed by atoms with Gasteiger partial charge in [0.2, 0.25) is 5.91 Å². The molecule has 2 atom stereocenters. The summed E-state index contributed by atoms with van der Waals surface area (Å²) in [7, 11) is 2.16. The Hall–Kier alpha value is -0.610. The lowest BCUT2D eigenvalue weighted by molar-refractivity contribution is -0.136. The Labute approximate surface area is 118 Å². The van der Waals surface area contributed by atoms with Crippen LogP contribution in [0.25, 0.3) is 0 Å². The van der Waals surface area contributed by atoms with Gasteiger partial charge in [0.1, 0.15) is 0 Å². The zero-order chi connectivity index (χ0) is 14.6. The quantitative estimate of drug-likeness (QED) is 0.824. The molecular weight excluding hydrogens is 238 g/mol. The van der Waals surface area contributed by atoms with Crippen molar-refractivity contribution in [3.8, 4) is 0 Å². The number of hydrogen-bond acceptors (Lipinski definition) is 3. The van der Waals surface area contributed by atoms with Gasteiger partial charge >= 0.3 is 0 Å². The van der Waals surface area contributed by atoms with Crippen LogP contribution in [0.4, 0.5) is 0 Å². The van der Waals surface area contributed by atoms with Crippen molar-refractivity contribution in [2.24, 2.45) is 17.6 Å². The maximum Gasteiger partial charge on any atom is 0.239 e. The number of carbonyl (C=O) groups is 1. The third kappa shape index (κ3) is 4.77. The molecule has 1 heterocycles. The SMILES string of the molecule is CC(C)[C@H](N)C(=O)N(C[C@@H]1CCCN(C)C1)C(C)C. The molecule has 0 radical (unpaired) electrons. The fourth-order valence-electron chi connectivity index (χ4n) is 2.73. The van der Waals surface area contributed by atoms with Gasteiger partial charge in [0.15, 0.2) is 0 Å². The average Bonchev–Trinajstić information content (AvgIpc) is 2.33. The number of amides is 1. The van der Waals surface area contributed by atoms with Crippen molar-refractivity contribution in [3.63, 3.8) is 0 Å².